The number of rotatable bonds is 2. The molecule has 3 N–H and O–H groups in total. The molecule has 0 atom stereocenters. The lowest BCUT2D eigenvalue weighted by molar-refractivity contribution is -0.122. The van der Waals surface area contributed by atoms with Crippen molar-refractivity contribution in [2.75, 3.05) is 24.3 Å². The van der Waals surface area contributed by atoms with E-state index in [-0.39, 0.29) is 11.8 Å². The maximum absolute atomic E-state index is 11.9. The zero-order valence-corrected chi connectivity index (χ0v) is 10.8. The predicted molar refractivity (Wildman–Crippen MR) is 72.4 cm³/mol. The third kappa shape index (κ3) is 2.45. The Hall–Kier alpha value is -1.91. The van der Waals surface area contributed by atoms with Crippen LogP contribution in [0.5, 0.6) is 11.5 Å². The van der Waals surface area contributed by atoms with Gasteiger partial charge in [-0.15, -0.1) is 0 Å². The van der Waals surface area contributed by atoms with Gasteiger partial charge in [-0.25, -0.2) is 0 Å². The lowest BCUT2D eigenvalue weighted by Gasteiger charge is -2.24. The number of fused-ring (bicyclic) bond motifs is 1. The second kappa shape index (κ2) is 4.99. The Morgan fingerprint density at radius 1 is 1.16 bits per heavy atom. The van der Waals surface area contributed by atoms with E-state index < -0.39 is 0 Å². The predicted octanol–water partition coefficient (Wildman–Crippen LogP) is 2.17. The van der Waals surface area contributed by atoms with Gasteiger partial charge in [0.1, 0.15) is 0 Å². The smallest absolute Gasteiger partial charge is 0.227 e. The van der Waals surface area contributed by atoms with Gasteiger partial charge in [-0.05, 0) is 12.8 Å². The topological polar surface area (TPSA) is 73.6 Å². The first-order valence-electron chi connectivity index (χ1n) is 6.74. The molecule has 1 fully saturated rings. The van der Waals surface area contributed by atoms with E-state index in [2.05, 4.69) is 5.32 Å². The van der Waals surface area contributed by atoms with Crippen LogP contribution >= 0.6 is 0 Å². The summed E-state index contributed by atoms with van der Waals surface area (Å²) in [5.41, 5.74) is 7.08. The number of amides is 1. The molecule has 1 saturated carbocycles. The number of ether oxygens (including phenoxy) is 2. The summed E-state index contributed by atoms with van der Waals surface area (Å²) in [5.74, 6) is 1.48. The normalized spacial score (nSPS) is 18.3. The summed E-state index contributed by atoms with van der Waals surface area (Å²) in [4.78, 5) is 11.9. The van der Waals surface area contributed by atoms with Crippen molar-refractivity contribution in [1.29, 1.82) is 0 Å². The first-order valence-corrected chi connectivity index (χ1v) is 6.74. The molecule has 1 heterocycles. The molecule has 102 valence electrons. The number of nitrogens with two attached hydrogens (primary N) is 1. The molecule has 0 spiro atoms. The van der Waals surface area contributed by atoms with Crippen LogP contribution in [0.2, 0.25) is 0 Å². The maximum atomic E-state index is 11.9. The number of carbonyl (C=O) groups excluding carboxylic acids is 1. The van der Waals surface area contributed by atoms with E-state index in [1.165, 1.54) is 0 Å². The van der Waals surface area contributed by atoms with E-state index in [0.29, 0.717) is 36.1 Å². The quantitative estimate of drug-likeness (QED) is 0.801. The van der Waals surface area contributed by atoms with Gasteiger partial charge in [0, 0.05) is 24.5 Å². The minimum absolute atomic E-state index is 0.0486. The van der Waals surface area contributed by atoms with Gasteiger partial charge in [-0.1, -0.05) is 6.42 Å². The van der Waals surface area contributed by atoms with Crippen LogP contribution in [0.25, 0.3) is 0 Å². The van der Waals surface area contributed by atoms with Crippen LogP contribution in [-0.2, 0) is 4.79 Å². The molecule has 0 aromatic heterocycles. The highest BCUT2D eigenvalue weighted by atomic mass is 16.5. The molecular weight excluding hydrogens is 244 g/mol. The van der Waals surface area contributed by atoms with Gasteiger partial charge in [0.15, 0.2) is 11.5 Å². The van der Waals surface area contributed by atoms with Crippen LogP contribution in [0.1, 0.15) is 25.7 Å². The molecule has 5 heteroatoms. The number of carbonyl (C=O) groups is 1. The van der Waals surface area contributed by atoms with Crippen molar-refractivity contribution in [3.63, 3.8) is 0 Å². The van der Waals surface area contributed by atoms with Gasteiger partial charge in [0.25, 0.3) is 0 Å². The molecule has 19 heavy (non-hydrogen) atoms. The van der Waals surface area contributed by atoms with Crippen molar-refractivity contribution in [1.82, 2.24) is 0 Å². The third-order valence-electron chi connectivity index (χ3n) is 3.65. The van der Waals surface area contributed by atoms with Crippen LogP contribution in [0.4, 0.5) is 11.4 Å². The summed E-state index contributed by atoms with van der Waals surface area (Å²) < 4.78 is 11.1. The average Bonchev–Trinajstić information content (AvgIpc) is 2.52. The van der Waals surface area contributed by atoms with Gasteiger partial charge < -0.3 is 20.5 Å². The Morgan fingerprint density at radius 3 is 2.47 bits per heavy atom. The van der Waals surface area contributed by atoms with Crippen LogP contribution in [0.3, 0.4) is 0 Å². The molecule has 1 amide bonds. The number of hydrogen-bond acceptors (Lipinski definition) is 4. The molecule has 0 radical (unpaired) electrons. The Morgan fingerprint density at radius 2 is 1.84 bits per heavy atom. The van der Waals surface area contributed by atoms with Crippen LogP contribution < -0.4 is 20.5 Å². The highest BCUT2D eigenvalue weighted by Crippen LogP contribution is 2.37. The van der Waals surface area contributed by atoms with Crippen molar-refractivity contribution >= 4 is 17.3 Å². The van der Waals surface area contributed by atoms with Crippen molar-refractivity contribution in [2.45, 2.75) is 25.7 Å². The molecule has 1 aliphatic carbocycles. The number of nitrogens with one attached hydrogen (secondary N) is 1. The number of hydrogen-bond donors (Lipinski definition) is 2. The van der Waals surface area contributed by atoms with Gasteiger partial charge in [-0.2, -0.15) is 0 Å². The Labute approximate surface area is 112 Å². The van der Waals surface area contributed by atoms with Gasteiger partial charge in [-0.3, -0.25) is 4.79 Å². The highest BCUT2D eigenvalue weighted by molar-refractivity contribution is 5.96. The summed E-state index contributed by atoms with van der Waals surface area (Å²) in [6.07, 6.45) is 3.92. The van der Waals surface area contributed by atoms with Crippen molar-refractivity contribution in [2.24, 2.45) is 5.92 Å². The van der Waals surface area contributed by atoms with Gasteiger partial charge in [0.05, 0.1) is 24.6 Å². The van der Waals surface area contributed by atoms with Gasteiger partial charge >= 0.3 is 0 Å². The molecule has 0 unspecified atom stereocenters. The van der Waals surface area contributed by atoms with E-state index in [9.17, 15) is 4.79 Å². The van der Waals surface area contributed by atoms with Crippen LogP contribution in [0, 0.1) is 5.92 Å². The van der Waals surface area contributed by atoms with Crippen LogP contribution in [0.15, 0.2) is 12.1 Å². The summed E-state index contributed by atoms with van der Waals surface area (Å²) in [7, 11) is 0. The Balaban J connectivity index is 1.80. The molecule has 1 aromatic carbocycles. The standard InChI is InChI=1S/C14H18N2O3/c15-10-7-12-13(19-6-2-5-18-12)8-11(10)16-14(17)9-3-1-4-9/h7-9H,1-6,15H2,(H,16,17). The zero-order valence-electron chi connectivity index (χ0n) is 10.8. The fourth-order valence-electron chi connectivity index (χ4n) is 2.24. The van der Waals surface area contributed by atoms with Crippen molar-refractivity contribution in [3.05, 3.63) is 12.1 Å². The lowest BCUT2D eigenvalue weighted by Crippen LogP contribution is -2.28. The zero-order chi connectivity index (χ0) is 13.2. The number of anilines is 2. The third-order valence-corrected chi connectivity index (χ3v) is 3.65. The Bertz CT molecular complexity index is 498. The summed E-state index contributed by atoms with van der Waals surface area (Å²) in [6, 6.07) is 3.48. The molecular formula is C14H18N2O3. The van der Waals surface area contributed by atoms with E-state index in [1.807, 2.05) is 0 Å². The summed E-state index contributed by atoms with van der Waals surface area (Å²) in [5, 5.41) is 2.88. The monoisotopic (exact) mass is 262 g/mol. The molecule has 2 aliphatic rings. The first kappa shape index (κ1) is 12.1. The Kier molecular flexibility index (Phi) is 3.19. The van der Waals surface area contributed by atoms with E-state index >= 15 is 0 Å². The summed E-state index contributed by atoms with van der Waals surface area (Å²) >= 11 is 0. The molecule has 1 aromatic rings. The SMILES string of the molecule is Nc1cc2c(cc1NC(=O)C1CCC1)OCCCO2. The number of benzene rings is 1. The second-order valence-corrected chi connectivity index (χ2v) is 5.05. The first-order chi connectivity index (χ1) is 9.24. The average molecular weight is 262 g/mol. The fourth-order valence-corrected chi connectivity index (χ4v) is 2.24. The highest BCUT2D eigenvalue weighted by Gasteiger charge is 2.26. The van der Waals surface area contributed by atoms with Crippen molar-refractivity contribution in [3.8, 4) is 11.5 Å². The fraction of sp³-hybridized carbons (Fsp3) is 0.500. The largest absolute Gasteiger partial charge is 0.489 e. The molecule has 3 rings (SSSR count). The minimum atomic E-state index is 0.0486. The van der Waals surface area contributed by atoms with E-state index in [0.717, 1.165) is 25.7 Å². The molecule has 0 saturated heterocycles. The second-order valence-electron chi connectivity index (χ2n) is 5.05. The van der Waals surface area contributed by atoms with E-state index in [4.69, 9.17) is 15.2 Å². The number of nitrogen functional groups attached to an aromatic ring is 1. The minimum Gasteiger partial charge on any atom is -0.489 e. The van der Waals surface area contributed by atoms with Crippen molar-refractivity contribution < 1.29 is 14.3 Å². The maximum Gasteiger partial charge on any atom is 0.227 e. The molecule has 1 aliphatic heterocycles. The summed E-state index contributed by atoms with van der Waals surface area (Å²) in [6.45, 7) is 1.24. The molecule has 0 bridgehead atoms. The van der Waals surface area contributed by atoms with Crippen LogP contribution in [-0.4, -0.2) is 19.1 Å². The van der Waals surface area contributed by atoms with Gasteiger partial charge in [0.2, 0.25) is 5.91 Å². The lowest BCUT2D eigenvalue weighted by atomic mass is 9.85. The molecule has 5 nitrogen and oxygen atoms in total. The van der Waals surface area contributed by atoms with E-state index in [1.54, 1.807) is 12.1 Å².